The Kier molecular flexibility index (Phi) is 8.72. The number of ether oxygens (including phenoxy) is 2. The maximum atomic E-state index is 13.0. The van der Waals surface area contributed by atoms with Crippen LogP contribution in [0.25, 0.3) is 6.08 Å². The van der Waals surface area contributed by atoms with Gasteiger partial charge in [-0.2, -0.15) is 5.26 Å². The third-order valence-corrected chi connectivity index (χ3v) is 7.50. The van der Waals surface area contributed by atoms with Gasteiger partial charge in [0.25, 0.3) is 11.1 Å². The fourth-order valence-electron chi connectivity index (χ4n) is 3.54. The van der Waals surface area contributed by atoms with Gasteiger partial charge in [-0.25, -0.2) is 0 Å². The Labute approximate surface area is 235 Å². The van der Waals surface area contributed by atoms with Crippen LogP contribution in [0.4, 0.5) is 4.79 Å². The lowest BCUT2D eigenvalue weighted by molar-refractivity contribution is -0.123. The number of rotatable bonds is 8. The zero-order chi connectivity index (χ0) is 25.7. The average molecular weight is 675 g/mol. The molecule has 4 rings (SSSR count). The SMILES string of the molecule is CCOc1cc(/C=C2\SC(=O)N(Cc3ccc(Br)cc3)C2=O)cc(I)c1OCc1ccccc1C#N. The number of carbonyl (C=O) groups excluding carboxylic acids is 2. The molecule has 3 aromatic carbocycles. The third kappa shape index (κ3) is 6.11. The van der Waals surface area contributed by atoms with Crippen LogP contribution in [0.15, 0.2) is 70.0 Å². The summed E-state index contributed by atoms with van der Waals surface area (Å²) in [5.41, 5.74) is 2.93. The fourth-order valence-corrected chi connectivity index (χ4v) is 5.42. The molecule has 1 heterocycles. The summed E-state index contributed by atoms with van der Waals surface area (Å²) in [6.45, 7) is 2.73. The van der Waals surface area contributed by atoms with Crippen LogP contribution in [0.5, 0.6) is 11.5 Å². The summed E-state index contributed by atoms with van der Waals surface area (Å²) >= 11 is 6.47. The van der Waals surface area contributed by atoms with Crippen LogP contribution in [0.2, 0.25) is 0 Å². The quantitative estimate of drug-likeness (QED) is 0.187. The molecule has 1 aliphatic rings. The molecule has 0 bridgehead atoms. The Morgan fingerprint density at radius 3 is 2.58 bits per heavy atom. The van der Waals surface area contributed by atoms with E-state index < -0.39 is 0 Å². The van der Waals surface area contributed by atoms with Crippen LogP contribution >= 0.6 is 50.3 Å². The van der Waals surface area contributed by atoms with Crippen LogP contribution in [-0.4, -0.2) is 22.7 Å². The average Bonchev–Trinajstić information content (AvgIpc) is 3.12. The number of hydrogen-bond donors (Lipinski definition) is 0. The lowest BCUT2D eigenvalue weighted by Gasteiger charge is -2.15. The normalized spacial score (nSPS) is 14.3. The van der Waals surface area contributed by atoms with Crippen LogP contribution < -0.4 is 9.47 Å². The highest BCUT2D eigenvalue weighted by atomic mass is 127. The molecule has 0 aliphatic carbocycles. The summed E-state index contributed by atoms with van der Waals surface area (Å²) in [5, 5.41) is 9.04. The predicted molar refractivity (Wildman–Crippen MR) is 151 cm³/mol. The second-order valence-corrected chi connectivity index (χ2v) is 10.8. The van der Waals surface area contributed by atoms with Gasteiger partial charge in [-0.1, -0.05) is 46.3 Å². The topological polar surface area (TPSA) is 79.6 Å². The second kappa shape index (κ2) is 12.0. The molecule has 0 unspecified atom stereocenters. The highest BCUT2D eigenvalue weighted by Crippen LogP contribution is 2.38. The Bertz CT molecular complexity index is 1390. The van der Waals surface area contributed by atoms with E-state index in [1.54, 1.807) is 18.2 Å². The molecule has 2 amide bonds. The molecular weight excluding hydrogens is 655 g/mol. The van der Waals surface area contributed by atoms with Gasteiger partial charge in [-0.05, 0) is 88.8 Å². The standard InChI is InChI=1S/C27H20BrIN2O4S/c1-2-34-23-12-18(11-22(29)25(23)35-16-20-6-4-3-5-19(20)14-30)13-24-26(32)31(27(33)36-24)15-17-7-9-21(28)10-8-17/h3-13H,2,15-16H2,1H3/b24-13-. The molecule has 0 aromatic heterocycles. The predicted octanol–water partition coefficient (Wildman–Crippen LogP) is 7.14. The maximum absolute atomic E-state index is 13.0. The lowest BCUT2D eigenvalue weighted by atomic mass is 10.1. The van der Waals surface area contributed by atoms with Crippen LogP contribution in [0.1, 0.15) is 29.2 Å². The number of benzene rings is 3. The molecule has 0 atom stereocenters. The molecule has 0 radical (unpaired) electrons. The maximum Gasteiger partial charge on any atom is 0.293 e. The van der Waals surface area contributed by atoms with E-state index in [9.17, 15) is 14.9 Å². The Balaban J connectivity index is 1.56. The van der Waals surface area contributed by atoms with Gasteiger partial charge >= 0.3 is 0 Å². The lowest BCUT2D eigenvalue weighted by Crippen LogP contribution is -2.27. The van der Waals surface area contributed by atoms with Gasteiger partial charge in [0.1, 0.15) is 6.61 Å². The van der Waals surface area contributed by atoms with E-state index >= 15 is 0 Å². The van der Waals surface area contributed by atoms with Gasteiger partial charge in [0, 0.05) is 10.0 Å². The summed E-state index contributed by atoms with van der Waals surface area (Å²) < 4.78 is 13.6. The summed E-state index contributed by atoms with van der Waals surface area (Å²) in [7, 11) is 0. The van der Waals surface area contributed by atoms with Gasteiger partial charge in [-0.3, -0.25) is 14.5 Å². The fraction of sp³-hybridized carbons (Fsp3) is 0.148. The van der Waals surface area contributed by atoms with Crippen molar-refractivity contribution in [1.29, 1.82) is 5.26 Å². The number of imide groups is 1. The smallest absolute Gasteiger partial charge is 0.293 e. The molecule has 1 aliphatic heterocycles. The molecule has 0 N–H and O–H groups in total. The Morgan fingerprint density at radius 1 is 1.11 bits per heavy atom. The number of carbonyl (C=O) groups is 2. The monoisotopic (exact) mass is 674 g/mol. The zero-order valence-electron chi connectivity index (χ0n) is 19.2. The van der Waals surface area contributed by atoms with E-state index in [0.717, 1.165) is 36.5 Å². The van der Waals surface area contributed by atoms with E-state index in [0.29, 0.717) is 28.6 Å². The third-order valence-electron chi connectivity index (χ3n) is 5.27. The summed E-state index contributed by atoms with van der Waals surface area (Å²) in [4.78, 5) is 27.2. The van der Waals surface area contributed by atoms with Crippen LogP contribution in [0.3, 0.4) is 0 Å². The first-order valence-electron chi connectivity index (χ1n) is 11.0. The first-order valence-corrected chi connectivity index (χ1v) is 13.7. The van der Waals surface area contributed by atoms with Gasteiger partial charge in [0.05, 0.1) is 33.3 Å². The molecule has 1 saturated heterocycles. The summed E-state index contributed by atoms with van der Waals surface area (Å²) in [5.74, 6) is 0.763. The van der Waals surface area contributed by atoms with Crippen LogP contribution in [0, 0.1) is 14.9 Å². The van der Waals surface area contributed by atoms with Crippen molar-refractivity contribution >= 4 is 67.5 Å². The van der Waals surface area contributed by atoms with E-state index in [1.807, 2.05) is 55.5 Å². The van der Waals surface area contributed by atoms with Gasteiger partial charge in [-0.15, -0.1) is 0 Å². The summed E-state index contributed by atoms with van der Waals surface area (Å²) in [6, 6.07) is 20.6. The summed E-state index contributed by atoms with van der Waals surface area (Å²) in [6.07, 6.45) is 1.70. The number of nitrogens with zero attached hydrogens (tertiary/aromatic N) is 2. The van der Waals surface area contributed by atoms with Crippen molar-refractivity contribution < 1.29 is 19.1 Å². The first kappa shape index (κ1) is 26.3. The van der Waals surface area contributed by atoms with Crippen LogP contribution in [-0.2, 0) is 17.9 Å². The first-order chi connectivity index (χ1) is 17.4. The second-order valence-electron chi connectivity index (χ2n) is 7.71. The minimum Gasteiger partial charge on any atom is -0.490 e. The van der Waals surface area contributed by atoms with Gasteiger partial charge in [0.15, 0.2) is 11.5 Å². The Hall–Kier alpha value is -2.81. The molecule has 3 aromatic rings. The minimum atomic E-state index is -0.325. The molecule has 1 fully saturated rings. The highest BCUT2D eigenvalue weighted by molar-refractivity contribution is 14.1. The van der Waals surface area contributed by atoms with Crippen molar-refractivity contribution in [2.45, 2.75) is 20.1 Å². The van der Waals surface area contributed by atoms with Crippen molar-refractivity contribution in [2.75, 3.05) is 6.61 Å². The molecule has 0 spiro atoms. The molecule has 6 nitrogen and oxygen atoms in total. The molecule has 9 heteroatoms. The molecular formula is C27H20BrIN2O4S. The number of thioether (sulfide) groups is 1. The number of halogens is 2. The van der Waals surface area contributed by atoms with Gasteiger partial charge in [0.2, 0.25) is 0 Å². The largest absolute Gasteiger partial charge is 0.490 e. The number of nitriles is 1. The van der Waals surface area contributed by atoms with Crippen molar-refractivity contribution in [3.63, 3.8) is 0 Å². The molecule has 36 heavy (non-hydrogen) atoms. The number of amides is 2. The van der Waals surface area contributed by atoms with E-state index in [2.05, 4.69) is 44.6 Å². The van der Waals surface area contributed by atoms with Crippen molar-refractivity contribution in [3.8, 4) is 17.6 Å². The van der Waals surface area contributed by atoms with E-state index in [1.165, 1.54) is 4.90 Å². The molecule has 182 valence electrons. The number of hydrogen-bond acceptors (Lipinski definition) is 6. The van der Waals surface area contributed by atoms with Crippen molar-refractivity contribution in [3.05, 3.63) is 95.9 Å². The minimum absolute atomic E-state index is 0.216. The highest BCUT2D eigenvalue weighted by Gasteiger charge is 2.35. The van der Waals surface area contributed by atoms with E-state index in [-0.39, 0.29) is 24.3 Å². The zero-order valence-corrected chi connectivity index (χ0v) is 23.7. The van der Waals surface area contributed by atoms with Crippen molar-refractivity contribution in [1.82, 2.24) is 4.90 Å². The van der Waals surface area contributed by atoms with Gasteiger partial charge < -0.3 is 9.47 Å². The molecule has 0 saturated carbocycles. The Morgan fingerprint density at radius 2 is 1.86 bits per heavy atom. The van der Waals surface area contributed by atoms with Crippen molar-refractivity contribution in [2.24, 2.45) is 0 Å². The van der Waals surface area contributed by atoms with E-state index in [4.69, 9.17) is 9.47 Å².